The predicted molar refractivity (Wildman–Crippen MR) is 78.6 cm³/mol. The summed E-state index contributed by atoms with van der Waals surface area (Å²) < 4.78 is 1.90. The van der Waals surface area contributed by atoms with Crippen LogP contribution in [-0.4, -0.2) is 33.5 Å². The third-order valence-corrected chi connectivity index (χ3v) is 3.22. The largest absolute Gasteiger partial charge is 0.508 e. The van der Waals surface area contributed by atoms with Gasteiger partial charge in [-0.1, -0.05) is 0 Å². The number of aromatic nitrogens is 3. The molecule has 2 aromatic heterocycles. The van der Waals surface area contributed by atoms with Crippen molar-refractivity contribution in [1.82, 2.24) is 20.1 Å². The molecule has 0 amide bonds. The maximum atomic E-state index is 9.54. The van der Waals surface area contributed by atoms with E-state index in [9.17, 15) is 5.11 Å². The van der Waals surface area contributed by atoms with Crippen LogP contribution in [0.3, 0.4) is 0 Å². The van der Waals surface area contributed by atoms with Crippen LogP contribution in [0.2, 0.25) is 0 Å². The second-order valence-electron chi connectivity index (χ2n) is 4.70. The molecule has 5 heteroatoms. The van der Waals surface area contributed by atoms with Gasteiger partial charge in [0.15, 0.2) is 0 Å². The molecular formula is C15H16N4O. The molecule has 0 saturated carbocycles. The van der Waals surface area contributed by atoms with Crippen molar-refractivity contribution >= 4 is 10.9 Å². The Hall–Kier alpha value is -2.40. The first-order valence-electron chi connectivity index (χ1n) is 6.52. The lowest BCUT2D eigenvalue weighted by Crippen LogP contribution is -2.14. The highest BCUT2D eigenvalue weighted by Crippen LogP contribution is 2.24. The average molecular weight is 268 g/mol. The molecular weight excluding hydrogens is 252 g/mol. The fourth-order valence-corrected chi connectivity index (χ4v) is 2.14. The second kappa shape index (κ2) is 5.30. The molecule has 0 radical (unpaired) electrons. The van der Waals surface area contributed by atoms with Crippen molar-refractivity contribution in [3.05, 3.63) is 42.9 Å². The van der Waals surface area contributed by atoms with Crippen LogP contribution in [0.4, 0.5) is 0 Å². The Morgan fingerprint density at radius 1 is 1.20 bits per heavy atom. The van der Waals surface area contributed by atoms with E-state index in [4.69, 9.17) is 0 Å². The molecule has 102 valence electrons. The summed E-state index contributed by atoms with van der Waals surface area (Å²) in [7, 11) is 1.92. The number of nitrogens with one attached hydrogen (secondary N) is 1. The lowest BCUT2D eigenvalue weighted by Gasteiger charge is -2.02. The topological polar surface area (TPSA) is 63.0 Å². The molecule has 2 N–H and O–H groups in total. The van der Waals surface area contributed by atoms with Crippen molar-refractivity contribution in [3.8, 4) is 16.9 Å². The maximum absolute atomic E-state index is 9.54. The molecule has 0 saturated heterocycles. The maximum Gasteiger partial charge on any atom is 0.116 e. The lowest BCUT2D eigenvalue weighted by atomic mass is 10.1. The van der Waals surface area contributed by atoms with Gasteiger partial charge >= 0.3 is 0 Å². The number of rotatable bonds is 4. The molecule has 1 aromatic carbocycles. The monoisotopic (exact) mass is 268 g/mol. The molecule has 0 atom stereocenters. The first-order valence-corrected chi connectivity index (χ1v) is 6.52. The van der Waals surface area contributed by atoms with Gasteiger partial charge in [-0.15, -0.1) is 0 Å². The van der Waals surface area contributed by atoms with E-state index in [0.29, 0.717) is 0 Å². The van der Waals surface area contributed by atoms with Gasteiger partial charge in [0, 0.05) is 35.5 Å². The molecule has 0 spiro atoms. The van der Waals surface area contributed by atoms with Crippen LogP contribution in [0.25, 0.3) is 22.0 Å². The van der Waals surface area contributed by atoms with E-state index in [-0.39, 0.29) is 5.75 Å². The summed E-state index contributed by atoms with van der Waals surface area (Å²) in [6.07, 6.45) is 5.67. The van der Waals surface area contributed by atoms with E-state index in [1.807, 2.05) is 42.5 Å². The molecule has 3 aromatic rings. The van der Waals surface area contributed by atoms with Crippen LogP contribution in [0, 0.1) is 0 Å². The summed E-state index contributed by atoms with van der Waals surface area (Å²) in [5, 5.41) is 17.9. The summed E-state index contributed by atoms with van der Waals surface area (Å²) in [5.74, 6) is 0.251. The minimum Gasteiger partial charge on any atom is -0.508 e. The summed E-state index contributed by atoms with van der Waals surface area (Å²) in [4.78, 5) is 4.41. The molecule has 20 heavy (non-hydrogen) atoms. The molecule has 0 bridgehead atoms. The standard InChI is InChI=1S/C15H16N4O/c1-16-4-5-19-10-13(9-18-19)12-6-11-7-14(20)2-3-15(11)17-8-12/h2-3,6-10,16,20H,4-5H2,1H3. The zero-order chi connectivity index (χ0) is 13.9. The third-order valence-electron chi connectivity index (χ3n) is 3.22. The highest BCUT2D eigenvalue weighted by Gasteiger charge is 2.04. The fraction of sp³-hybridized carbons (Fsp3) is 0.200. The van der Waals surface area contributed by atoms with Gasteiger partial charge < -0.3 is 10.4 Å². The van der Waals surface area contributed by atoms with E-state index in [1.54, 1.807) is 12.1 Å². The third kappa shape index (κ3) is 2.48. The normalized spacial score (nSPS) is 11.1. The Morgan fingerprint density at radius 2 is 2.10 bits per heavy atom. The molecule has 0 fully saturated rings. The van der Waals surface area contributed by atoms with Crippen LogP contribution >= 0.6 is 0 Å². The summed E-state index contributed by atoms with van der Waals surface area (Å²) in [6, 6.07) is 7.19. The van der Waals surface area contributed by atoms with E-state index >= 15 is 0 Å². The van der Waals surface area contributed by atoms with Crippen molar-refractivity contribution in [2.24, 2.45) is 0 Å². The van der Waals surface area contributed by atoms with E-state index in [1.165, 1.54) is 0 Å². The van der Waals surface area contributed by atoms with E-state index in [0.717, 1.165) is 35.1 Å². The van der Waals surface area contributed by atoms with Gasteiger partial charge in [0.2, 0.25) is 0 Å². The highest BCUT2D eigenvalue weighted by atomic mass is 16.3. The van der Waals surface area contributed by atoms with E-state index < -0.39 is 0 Å². The number of nitrogens with zero attached hydrogens (tertiary/aromatic N) is 3. The number of phenols is 1. The summed E-state index contributed by atoms with van der Waals surface area (Å²) in [5.41, 5.74) is 2.90. The highest BCUT2D eigenvalue weighted by molar-refractivity contribution is 5.84. The van der Waals surface area contributed by atoms with Gasteiger partial charge in [0.1, 0.15) is 5.75 Å². The zero-order valence-electron chi connectivity index (χ0n) is 11.2. The number of benzene rings is 1. The van der Waals surface area contributed by atoms with Crippen molar-refractivity contribution in [3.63, 3.8) is 0 Å². The van der Waals surface area contributed by atoms with Gasteiger partial charge in [-0.25, -0.2) is 0 Å². The Labute approximate surface area is 116 Å². The van der Waals surface area contributed by atoms with Gasteiger partial charge in [-0.3, -0.25) is 9.67 Å². The number of likely N-dealkylation sites (N-methyl/N-ethyl adjacent to an activating group) is 1. The zero-order valence-corrected chi connectivity index (χ0v) is 11.2. The van der Waals surface area contributed by atoms with Gasteiger partial charge in [-0.2, -0.15) is 5.10 Å². The lowest BCUT2D eigenvalue weighted by molar-refractivity contribution is 0.476. The summed E-state index contributed by atoms with van der Waals surface area (Å²) >= 11 is 0. The van der Waals surface area contributed by atoms with Crippen molar-refractivity contribution in [1.29, 1.82) is 0 Å². The molecule has 0 aliphatic carbocycles. The van der Waals surface area contributed by atoms with Crippen molar-refractivity contribution in [2.75, 3.05) is 13.6 Å². The van der Waals surface area contributed by atoms with E-state index in [2.05, 4.69) is 15.4 Å². The SMILES string of the molecule is CNCCn1cc(-c2cnc3ccc(O)cc3c2)cn1. The molecule has 0 aliphatic rings. The number of hydrogen-bond acceptors (Lipinski definition) is 4. The van der Waals surface area contributed by atoms with Gasteiger partial charge in [0.25, 0.3) is 0 Å². The first-order chi connectivity index (χ1) is 9.76. The van der Waals surface area contributed by atoms with Crippen LogP contribution in [0.15, 0.2) is 42.9 Å². The Kier molecular flexibility index (Phi) is 3.35. The van der Waals surface area contributed by atoms with Gasteiger partial charge in [-0.05, 0) is 31.3 Å². The Balaban J connectivity index is 1.95. The average Bonchev–Trinajstić information content (AvgIpc) is 2.93. The minimum absolute atomic E-state index is 0.251. The molecule has 0 unspecified atom stereocenters. The number of fused-ring (bicyclic) bond motifs is 1. The number of phenolic OH excluding ortho intramolecular Hbond substituents is 1. The number of hydrogen-bond donors (Lipinski definition) is 2. The first kappa shape index (κ1) is 12.6. The van der Waals surface area contributed by atoms with Crippen LogP contribution < -0.4 is 5.32 Å². The number of aromatic hydroxyl groups is 1. The van der Waals surface area contributed by atoms with Crippen LogP contribution in [-0.2, 0) is 6.54 Å². The van der Waals surface area contributed by atoms with Crippen LogP contribution in [0.5, 0.6) is 5.75 Å². The van der Waals surface area contributed by atoms with Crippen LogP contribution in [0.1, 0.15) is 0 Å². The van der Waals surface area contributed by atoms with Crippen molar-refractivity contribution < 1.29 is 5.11 Å². The number of pyridine rings is 1. The predicted octanol–water partition coefficient (Wildman–Crippen LogP) is 2.02. The Bertz CT molecular complexity index is 736. The summed E-state index contributed by atoms with van der Waals surface area (Å²) in [6.45, 7) is 1.71. The second-order valence-corrected chi connectivity index (χ2v) is 4.70. The quantitative estimate of drug-likeness (QED) is 0.760. The molecule has 3 rings (SSSR count). The fourth-order valence-electron chi connectivity index (χ4n) is 2.14. The molecule has 2 heterocycles. The van der Waals surface area contributed by atoms with Gasteiger partial charge in [0.05, 0.1) is 18.3 Å². The molecule has 0 aliphatic heterocycles. The smallest absolute Gasteiger partial charge is 0.116 e. The minimum atomic E-state index is 0.251. The van der Waals surface area contributed by atoms with Crippen molar-refractivity contribution in [2.45, 2.75) is 6.54 Å². The molecule has 5 nitrogen and oxygen atoms in total. The Morgan fingerprint density at radius 3 is 2.95 bits per heavy atom.